The van der Waals surface area contributed by atoms with Crippen molar-refractivity contribution in [3.05, 3.63) is 22.4 Å². The number of rotatable bonds is 4. The molecule has 0 saturated heterocycles. The van der Waals surface area contributed by atoms with Crippen molar-refractivity contribution in [2.75, 3.05) is 0 Å². The van der Waals surface area contributed by atoms with Crippen molar-refractivity contribution in [2.24, 2.45) is 11.8 Å². The Morgan fingerprint density at radius 3 is 2.65 bits per heavy atom. The summed E-state index contributed by atoms with van der Waals surface area (Å²) in [6.07, 6.45) is 7.38. The second kappa shape index (κ2) is 4.81. The van der Waals surface area contributed by atoms with E-state index in [1.165, 1.54) is 30.6 Å². The Hall–Kier alpha value is -0.830. The standard InChI is InChI=1S/C14H19NOS/c16-14(11-7-8-11)15-13(10-4-1-2-5-10)12-6-3-9-17-12/h3,6,9-11,13H,1-2,4-5,7-8H2,(H,15,16). The summed E-state index contributed by atoms with van der Waals surface area (Å²) in [5, 5.41) is 5.41. The van der Waals surface area contributed by atoms with Gasteiger partial charge in [0.2, 0.25) is 5.91 Å². The third kappa shape index (κ3) is 2.54. The fourth-order valence-electron chi connectivity index (χ4n) is 2.80. The summed E-state index contributed by atoms with van der Waals surface area (Å²) in [5.41, 5.74) is 0. The first-order valence-corrected chi connectivity index (χ1v) is 7.56. The molecule has 1 N–H and O–H groups in total. The number of hydrogen-bond donors (Lipinski definition) is 1. The smallest absolute Gasteiger partial charge is 0.223 e. The third-order valence-corrected chi connectivity index (χ3v) is 4.92. The van der Waals surface area contributed by atoms with Gasteiger partial charge in [-0.15, -0.1) is 11.3 Å². The van der Waals surface area contributed by atoms with Crippen LogP contribution in [0.15, 0.2) is 17.5 Å². The molecule has 0 aromatic carbocycles. The van der Waals surface area contributed by atoms with Crippen molar-refractivity contribution in [1.29, 1.82) is 0 Å². The van der Waals surface area contributed by atoms with E-state index in [9.17, 15) is 4.79 Å². The number of hydrogen-bond acceptors (Lipinski definition) is 2. The first kappa shape index (κ1) is 11.3. The number of carbonyl (C=O) groups excluding carboxylic acids is 1. The third-order valence-electron chi connectivity index (χ3n) is 3.97. The Morgan fingerprint density at radius 2 is 2.06 bits per heavy atom. The summed E-state index contributed by atoms with van der Waals surface area (Å²) in [4.78, 5) is 13.3. The van der Waals surface area contributed by atoms with Gasteiger partial charge in [-0.25, -0.2) is 0 Å². The van der Waals surface area contributed by atoms with Crippen molar-refractivity contribution in [3.63, 3.8) is 0 Å². The van der Waals surface area contributed by atoms with Crippen LogP contribution in [-0.2, 0) is 4.79 Å². The van der Waals surface area contributed by atoms with Gasteiger partial charge in [0, 0.05) is 10.8 Å². The fourth-order valence-corrected chi connectivity index (χ4v) is 3.67. The Balaban J connectivity index is 1.73. The van der Waals surface area contributed by atoms with Crippen LogP contribution in [0.1, 0.15) is 49.4 Å². The average molecular weight is 249 g/mol. The maximum Gasteiger partial charge on any atom is 0.223 e. The second-order valence-electron chi connectivity index (χ2n) is 5.32. The lowest BCUT2D eigenvalue weighted by Gasteiger charge is -2.23. The molecule has 92 valence electrons. The molecule has 2 fully saturated rings. The molecular weight excluding hydrogens is 230 g/mol. The number of thiophene rings is 1. The van der Waals surface area contributed by atoms with Gasteiger partial charge in [-0.3, -0.25) is 4.79 Å². The van der Waals surface area contributed by atoms with Crippen LogP contribution in [-0.4, -0.2) is 5.91 Å². The van der Waals surface area contributed by atoms with Gasteiger partial charge in [0.05, 0.1) is 6.04 Å². The summed E-state index contributed by atoms with van der Waals surface area (Å²) in [5.74, 6) is 1.27. The summed E-state index contributed by atoms with van der Waals surface area (Å²) in [6, 6.07) is 4.54. The predicted octanol–water partition coefficient (Wildman–Crippen LogP) is 3.51. The molecule has 0 bridgehead atoms. The second-order valence-corrected chi connectivity index (χ2v) is 6.30. The highest BCUT2D eigenvalue weighted by atomic mass is 32.1. The minimum Gasteiger partial charge on any atom is -0.348 e. The zero-order valence-corrected chi connectivity index (χ0v) is 10.8. The van der Waals surface area contributed by atoms with Crippen molar-refractivity contribution in [2.45, 2.75) is 44.6 Å². The minimum absolute atomic E-state index is 0.283. The largest absolute Gasteiger partial charge is 0.348 e. The molecule has 0 aliphatic heterocycles. The monoisotopic (exact) mass is 249 g/mol. The molecule has 2 aliphatic rings. The molecule has 0 spiro atoms. The van der Waals surface area contributed by atoms with Crippen molar-refractivity contribution in [3.8, 4) is 0 Å². The quantitative estimate of drug-likeness (QED) is 0.869. The summed E-state index contributed by atoms with van der Waals surface area (Å²) < 4.78 is 0. The van der Waals surface area contributed by atoms with Gasteiger partial charge in [0.1, 0.15) is 0 Å². The van der Waals surface area contributed by atoms with Crippen molar-refractivity contribution < 1.29 is 4.79 Å². The van der Waals surface area contributed by atoms with Crippen LogP contribution >= 0.6 is 11.3 Å². The van der Waals surface area contributed by atoms with E-state index in [1.807, 2.05) is 0 Å². The first-order chi connectivity index (χ1) is 8.34. The van der Waals surface area contributed by atoms with Crippen LogP contribution in [0.25, 0.3) is 0 Å². The topological polar surface area (TPSA) is 29.1 Å². The van der Waals surface area contributed by atoms with Crippen LogP contribution in [0.3, 0.4) is 0 Å². The normalized spacial score (nSPS) is 22.6. The summed E-state index contributed by atoms with van der Waals surface area (Å²) in [7, 11) is 0. The zero-order chi connectivity index (χ0) is 11.7. The van der Waals surface area contributed by atoms with E-state index in [0.717, 1.165) is 12.8 Å². The lowest BCUT2D eigenvalue weighted by molar-refractivity contribution is -0.123. The van der Waals surface area contributed by atoms with E-state index in [-0.39, 0.29) is 11.9 Å². The molecule has 3 heteroatoms. The molecule has 1 aromatic rings. The fraction of sp³-hybridized carbons (Fsp3) is 0.643. The van der Waals surface area contributed by atoms with Gasteiger partial charge in [0.15, 0.2) is 0 Å². The Bertz CT molecular complexity index is 377. The van der Waals surface area contributed by atoms with E-state index in [0.29, 0.717) is 11.8 Å². The molecule has 2 aliphatic carbocycles. The molecule has 1 amide bonds. The van der Waals surface area contributed by atoms with Gasteiger partial charge in [-0.05, 0) is 43.0 Å². The van der Waals surface area contributed by atoms with E-state index in [1.54, 1.807) is 11.3 Å². The Kier molecular flexibility index (Phi) is 3.19. The summed E-state index contributed by atoms with van der Waals surface area (Å²) in [6.45, 7) is 0. The predicted molar refractivity (Wildman–Crippen MR) is 69.9 cm³/mol. The maximum absolute atomic E-state index is 12.0. The van der Waals surface area contributed by atoms with Crippen molar-refractivity contribution in [1.82, 2.24) is 5.32 Å². The molecular formula is C14H19NOS. The molecule has 2 saturated carbocycles. The van der Waals surface area contributed by atoms with Gasteiger partial charge >= 0.3 is 0 Å². The molecule has 17 heavy (non-hydrogen) atoms. The van der Waals surface area contributed by atoms with Gasteiger partial charge in [0.25, 0.3) is 0 Å². The lowest BCUT2D eigenvalue weighted by Crippen LogP contribution is -2.33. The van der Waals surface area contributed by atoms with Crippen LogP contribution in [0.4, 0.5) is 0 Å². The van der Waals surface area contributed by atoms with E-state index in [2.05, 4.69) is 22.8 Å². The Labute approximate surface area is 106 Å². The highest BCUT2D eigenvalue weighted by molar-refractivity contribution is 7.10. The van der Waals surface area contributed by atoms with Crippen LogP contribution < -0.4 is 5.32 Å². The summed E-state index contributed by atoms with van der Waals surface area (Å²) >= 11 is 1.78. The van der Waals surface area contributed by atoms with Gasteiger partial charge in [-0.2, -0.15) is 0 Å². The van der Waals surface area contributed by atoms with E-state index in [4.69, 9.17) is 0 Å². The van der Waals surface area contributed by atoms with Gasteiger partial charge in [-0.1, -0.05) is 18.9 Å². The SMILES string of the molecule is O=C(NC(c1cccs1)C1CCCC1)C1CC1. The highest BCUT2D eigenvalue weighted by Crippen LogP contribution is 2.38. The van der Waals surface area contributed by atoms with E-state index < -0.39 is 0 Å². The molecule has 1 aromatic heterocycles. The number of nitrogens with one attached hydrogen (secondary N) is 1. The molecule has 2 nitrogen and oxygen atoms in total. The minimum atomic E-state index is 0.283. The molecule has 1 atom stereocenters. The average Bonchev–Trinajstić information content (AvgIpc) is 2.84. The molecule has 1 unspecified atom stereocenters. The number of carbonyl (C=O) groups is 1. The lowest BCUT2D eigenvalue weighted by atomic mass is 9.96. The van der Waals surface area contributed by atoms with Crippen LogP contribution in [0.5, 0.6) is 0 Å². The molecule has 3 rings (SSSR count). The molecule has 0 radical (unpaired) electrons. The van der Waals surface area contributed by atoms with E-state index >= 15 is 0 Å². The molecule has 1 heterocycles. The van der Waals surface area contributed by atoms with Crippen LogP contribution in [0, 0.1) is 11.8 Å². The zero-order valence-electron chi connectivity index (χ0n) is 10.0. The first-order valence-electron chi connectivity index (χ1n) is 6.68. The van der Waals surface area contributed by atoms with Crippen molar-refractivity contribution >= 4 is 17.2 Å². The number of amides is 1. The maximum atomic E-state index is 12.0. The Morgan fingerprint density at radius 1 is 1.29 bits per heavy atom. The van der Waals surface area contributed by atoms with Crippen LogP contribution in [0.2, 0.25) is 0 Å². The highest BCUT2D eigenvalue weighted by Gasteiger charge is 2.34. The van der Waals surface area contributed by atoms with Gasteiger partial charge < -0.3 is 5.32 Å².